The standard InChI is InChI=1S/C22H26F2N2O4/c1-14(25-22(30)20(28)16-10-17(23)12-18(24)11-16)21(29)26-19(13-27)9-5-8-15-6-3-2-4-7-15/h2-4,6-7,10-12,14,19-20,27-28H,5,8-9,13H2,1H3,(H,25,30)(H,26,29)/t14-,19-,20-/m0/s1. The Labute approximate surface area is 173 Å². The fourth-order valence-electron chi connectivity index (χ4n) is 2.97. The number of hydrogen-bond acceptors (Lipinski definition) is 4. The highest BCUT2D eigenvalue weighted by molar-refractivity contribution is 5.89. The number of amides is 2. The number of aliphatic hydroxyl groups is 2. The van der Waals surface area contributed by atoms with Crippen molar-refractivity contribution in [3.63, 3.8) is 0 Å². The van der Waals surface area contributed by atoms with Gasteiger partial charge in [-0.2, -0.15) is 0 Å². The molecular weight excluding hydrogens is 394 g/mol. The minimum atomic E-state index is -1.83. The van der Waals surface area contributed by atoms with Crippen LogP contribution in [0.25, 0.3) is 0 Å². The highest BCUT2D eigenvalue weighted by Crippen LogP contribution is 2.16. The van der Waals surface area contributed by atoms with Crippen molar-refractivity contribution in [2.75, 3.05) is 6.61 Å². The molecule has 2 aromatic rings. The lowest BCUT2D eigenvalue weighted by atomic mass is 10.0. The van der Waals surface area contributed by atoms with E-state index in [1.165, 1.54) is 6.92 Å². The molecule has 2 rings (SSSR count). The Kier molecular flexibility index (Phi) is 8.89. The number of aliphatic hydroxyl groups excluding tert-OH is 2. The second kappa shape index (κ2) is 11.4. The molecule has 0 aliphatic carbocycles. The summed E-state index contributed by atoms with van der Waals surface area (Å²) in [5.74, 6) is -3.36. The molecule has 0 aliphatic heterocycles. The predicted molar refractivity (Wildman–Crippen MR) is 107 cm³/mol. The van der Waals surface area contributed by atoms with Crippen molar-refractivity contribution in [3.05, 3.63) is 71.3 Å². The lowest BCUT2D eigenvalue weighted by Crippen LogP contribution is -2.50. The van der Waals surface area contributed by atoms with Crippen LogP contribution in [0.3, 0.4) is 0 Å². The third kappa shape index (κ3) is 7.20. The number of carbonyl (C=O) groups excluding carboxylic acids is 2. The molecule has 0 aliphatic rings. The molecule has 8 heteroatoms. The van der Waals surface area contributed by atoms with Crippen molar-refractivity contribution in [2.24, 2.45) is 0 Å². The van der Waals surface area contributed by atoms with Crippen LogP contribution in [0.5, 0.6) is 0 Å². The van der Waals surface area contributed by atoms with Crippen molar-refractivity contribution in [1.29, 1.82) is 0 Å². The summed E-state index contributed by atoms with van der Waals surface area (Å²) < 4.78 is 26.5. The van der Waals surface area contributed by atoms with E-state index in [4.69, 9.17) is 0 Å². The number of nitrogens with one attached hydrogen (secondary N) is 2. The van der Waals surface area contributed by atoms with Crippen LogP contribution in [0, 0.1) is 11.6 Å². The number of halogens is 2. The van der Waals surface area contributed by atoms with Crippen LogP contribution in [0.4, 0.5) is 8.78 Å². The first-order valence-corrected chi connectivity index (χ1v) is 9.69. The van der Waals surface area contributed by atoms with E-state index in [1.807, 2.05) is 30.3 Å². The van der Waals surface area contributed by atoms with E-state index < -0.39 is 41.6 Å². The van der Waals surface area contributed by atoms with Gasteiger partial charge in [0, 0.05) is 6.07 Å². The van der Waals surface area contributed by atoms with E-state index in [0.29, 0.717) is 12.5 Å². The van der Waals surface area contributed by atoms with Gasteiger partial charge in [0.1, 0.15) is 17.7 Å². The van der Waals surface area contributed by atoms with Crippen molar-refractivity contribution in [3.8, 4) is 0 Å². The van der Waals surface area contributed by atoms with E-state index in [9.17, 15) is 28.6 Å². The van der Waals surface area contributed by atoms with Crippen LogP contribution in [0.15, 0.2) is 48.5 Å². The van der Waals surface area contributed by atoms with Crippen LogP contribution in [-0.4, -0.2) is 40.7 Å². The van der Waals surface area contributed by atoms with Gasteiger partial charge in [-0.1, -0.05) is 30.3 Å². The quantitative estimate of drug-likeness (QED) is 0.473. The zero-order valence-electron chi connectivity index (χ0n) is 16.6. The monoisotopic (exact) mass is 420 g/mol. The minimum absolute atomic E-state index is 0.258. The van der Waals surface area contributed by atoms with Gasteiger partial charge in [0.05, 0.1) is 12.6 Å². The molecule has 2 aromatic carbocycles. The van der Waals surface area contributed by atoms with Crippen molar-refractivity contribution < 1.29 is 28.6 Å². The second-order valence-electron chi connectivity index (χ2n) is 7.10. The van der Waals surface area contributed by atoms with Gasteiger partial charge in [0.25, 0.3) is 5.91 Å². The zero-order valence-corrected chi connectivity index (χ0v) is 16.6. The number of benzene rings is 2. The molecule has 0 aromatic heterocycles. The lowest BCUT2D eigenvalue weighted by molar-refractivity contribution is -0.134. The fourth-order valence-corrected chi connectivity index (χ4v) is 2.97. The summed E-state index contributed by atoms with van der Waals surface area (Å²) in [5.41, 5.74) is 0.899. The molecular formula is C22H26F2N2O4. The minimum Gasteiger partial charge on any atom is -0.394 e. The van der Waals surface area contributed by atoms with Gasteiger partial charge >= 0.3 is 0 Å². The summed E-state index contributed by atoms with van der Waals surface area (Å²) in [6, 6.07) is 10.6. The topological polar surface area (TPSA) is 98.7 Å². The SMILES string of the molecule is C[C@H](NC(=O)[C@@H](O)c1cc(F)cc(F)c1)C(=O)N[C@H](CO)CCCc1ccccc1. The van der Waals surface area contributed by atoms with Crippen LogP contribution in [0.1, 0.15) is 37.0 Å². The maximum absolute atomic E-state index is 13.3. The first kappa shape index (κ1) is 23.4. The molecule has 0 heterocycles. The highest BCUT2D eigenvalue weighted by atomic mass is 19.1. The van der Waals surface area contributed by atoms with Gasteiger partial charge in [-0.05, 0) is 49.4 Å². The molecule has 0 bridgehead atoms. The Hall–Kier alpha value is -2.84. The number of aryl methyl sites for hydroxylation is 1. The molecule has 4 N–H and O–H groups in total. The maximum atomic E-state index is 13.3. The Morgan fingerprint density at radius 3 is 2.23 bits per heavy atom. The van der Waals surface area contributed by atoms with Crippen LogP contribution >= 0.6 is 0 Å². The molecule has 0 unspecified atom stereocenters. The van der Waals surface area contributed by atoms with Crippen molar-refractivity contribution >= 4 is 11.8 Å². The average molecular weight is 420 g/mol. The van der Waals surface area contributed by atoms with Crippen molar-refractivity contribution in [1.82, 2.24) is 10.6 Å². The largest absolute Gasteiger partial charge is 0.394 e. The molecule has 2 amide bonds. The number of hydrogen-bond donors (Lipinski definition) is 4. The van der Waals surface area contributed by atoms with Gasteiger partial charge < -0.3 is 20.8 Å². The summed E-state index contributed by atoms with van der Waals surface area (Å²) in [5, 5.41) is 24.5. The normalized spacial score (nSPS) is 13.9. The molecule has 0 saturated heterocycles. The Morgan fingerprint density at radius 2 is 1.63 bits per heavy atom. The van der Waals surface area contributed by atoms with Crippen molar-refractivity contribution in [2.45, 2.75) is 44.4 Å². The Bertz CT molecular complexity index is 828. The van der Waals surface area contributed by atoms with Crippen LogP contribution < -0.4 is 10.6 Å². The molecule has 162 valence electrons. The summed E-state index contributed by atoms with van der Waals surface area (Å²) in [4.78, 5) is 24.4. The summed E-state index contributed by atoms with van der Waals surface area (Å²) >= 11 is 0. The first-order chi connectivity index (χ1) is 14.3. The van der Waals surface area contributed by atoms with E-state index >= 15 is 0 Å². The van der Waals surface area contributed by atoms with E-state index in [-0.39, 0.29) is 12.2 Å². The van der Waals surface area contributed by atoms with E-state index in [0.717, 1.165) is 30.5 Å². The molecule has 0 fully saturated rings. The third-order valence-electron chi connectivity index (χ3n) is 4.63. The molecule has 6 nitrogen and oxygen atoms in total. The van der Waals surface area contributed by atoms with Gasteiger partial charge in [-0.15, -0.1) is 0 Å². The Balaban J connectivity index is 1.83. The molecule has 3 atom stereocenters. The smallest absolute Gasteiger partial charge is 0.254 e. The second-order valence-corrected chi connectivity index (χ2v) is 7.10. The third-order valence-corrected chi connectivity index (χ3v) is 4.63. The summed E-state index contributed by atoms with van der Waals surface area (Å²) in [6.45, 7) is 1.15. The summed E-state index contributed by atoms with van der Waals surface area (Å²) in [6.07, 6.45) is 0.267. The molecule has 0 radical (unpaired) electrons. The van der Waals surface area contributed by atoms with Gasteiger partial charge in [0.2, 0.25) is 5.91 Å². The van der Waals surface area contributed by atoms with Gasteiger partial charge in [0.15, 0.2) is 6.10 Å². The number of rotatable bonds is 10. The van der Waals surface area contributed by atoms with E-state index in [2.05, 4.69) is 10.6 Å². The van der Waals surface area contributed by atoms with Gasteiger partial charge in [-0.25, -0.2) is 8.78 Å². The Morgan fingerprint density at radius 1 is 1.00 bits per heavy atom. The zero-order chi connectivity index (χ0) is 22.1. The molecule has 0 spiro atoms. The number of carbonyl (C=O) groups is 2. The van der Waals surface area contributed by atoms with E-state index in [1.54, 1.807) is 0 Å². The maximum Gasteiger partial charge on any atom is 0.254 e. The predicted octanol–water partition coefficient (Wildman–Crippen LogP) is 2.00. The average Bonchev–Trinajstić information content (AvgIpc) is 2.72. The summed E-state index contributed by atoms with van der Waals surface area (Å²) in [7, 11) is 0. The molecule has 30 heavy (non-hydrogen) atoms. The van der Waals surface area contributed by atoms with Crippen LogP contribution in [0.2, 0.25) is 0 Å². The lowest BCUT2D eigenvalue weighted by Gasteiger charge is -2.21. The highest BCUT2D eigenvalue weighted by Gasteiger charge is 2.24. The fraction of sp³-hybridized carbons (Fsp3) is 0.364. The van der Waals surface area contributed by atoms with Crippen LogP contribution in [-0.2, 0) is 16.0 Å². The molecule has 0 saturated carbocycles. The van der Waals surface area contributed by atoms with Gasteiger partial charge in [-0.3, -0.25) is 9.59 Å². The first-order valence-electron chi connectivity index (χ1n) is 9.69.